The standard InChI is InChI=1S/C53H33F6N3/c1-31-11-3-5-13-39(31)34-19-21-47-43(27-34)41-15-7-9-17-45(41)61(47)49-23-33(30-60)24-50(51(49)36-25-37(52(54,55)56)29-38(26-36)53(57,58)59)62-46-18-10-8-16-42(46)44-28-35(20-22-48(44)62)40-14-6-4-12-32(40)2/h3-29H,1-2H3. The first-order chi connectivity index (χ1) is 29.8. The van der Waals surface area contributed by atoms with Crippen LogP contribution in [-0.2, 0) is 12.4 Å². The molecule has 0 aliphatic carbocycles. The molecule has 0 bridgehead atoms. The lowest BCUT2D eigenvalue weighted by Crippen LogP contribution is -2.12. The van der Waals surface area contributed by atoms with Crippen molar-refractivity contribution in [2.45, 2.75) is 26.2 Å². The van der Waals surface area contributed by atoms with E-state index in [0.717, 1.165) is 67.1 Å². The van der Waals surface area contributed by atoms with Crippen LogP contribution in [0.3, 0.4) is 0 Å². The molecule has 0 saturated carbocycles. The number of hydrogen-bond acceptors (Lipinski definition) is 1. The molecule has 0 amide bonds. The van der Waals surface area contributed by atoms with Crippen LogP contribution in [0.1, 0.15) is 27.8 Å². The number of aryl methyl sites for hydroxylation is 2. The number of benzene rings is 8. The number of nitriles is 1. The Morgan fingerprint density at radius 3 is 1.24 bits per heavy atom. The molecule has 0 atom stereocenters. The molecule has 0 radical (unpaired) electrons. The second-order valence-corrected chi connectivity index (χ2v) is 15.6. The summed E-state index contributed by atoms with van der Waals surface area (Å²) in [7, 11) is 0. The van der Waals surface area contributed by atoms with Gasteiger partial charge in [-0.05, 0) is 120 Å². The van der Waals surface area contributed by atoms with Gasteiger partial charge in [-0.2, -0.15) is 31.6 Å². The van der Waals surface area contributed by atoms with Gasteiger partial charge < -0.3 is 9.13 Å². The summed E-state index contributed by atoms with van der Waals surface area (Å²) in [5.41, 5.74) is 6.15. The second-order valence-electron chi connectivity index (χ2n) is 15.6. The smallest absolute Gasteiger partial charge is 0.308 e. The summed E-state index contributed by atoms with van der Waals surface area (Å²) in [4.78, 5) is 0. The van der Waals surface area contributed by atoms with Gasteiger partial charge in [0, 0.05) is 27.1 Å². The van der Waals surface area contributed by atoms with Crippen LogP contribution in [0, 0.1) is 25.2 Å². The zero-order chi connectivity index (χ0) is 43.1. The van der Waals surface area contributed by atoms with Crippen LogP contribution in [0.2, 0.25) is 0 Å². The summed E-state index contributed by atoms with van der Waals surface area (Å²) in [5.74, 6) is 0. The van der Waals surface area contributed by atoms with Crippen LogP contribution in [-0.4, -0.2) is 9.13 Å². The Morgan fingerprint density at radius 1 is 0.419 bits per heavy atom. The van der Waals surface area contributed by atoms with Crippen molar-refractivity contribution in [1.29, 1.82) is 5.26 Å². The van der Waals surface area contributed by atoms with Crippen molar-refractivity contribution in [2.75, 3.05) is 0 Å². The Morgan fingerprint density at radius 2 is 0.823 bits per heavy atom. The molecule has 2 aromatic heterocycles. The predicted octanol–water partition coefficient (Wildman–Crippen LogP) is 15.4. The Balaban J connectivity index is 1.37. The third-order valence-corrected chi connectivity index (χ3v) is 11.8. The molecule has 10 aromatic rings. The molecular weight excluding hydrogens is 793 g/mol. The topological polar surface area (TPSA) is 33.6 Å². The quantitative estimate of drug-likeness (QED) is 0.159. The number of halogens is 6. The van der Waals surface area contributed by atoms with E-state index in [2.05, 4.69) is 18.2 Å². The Hall–Kier alpha value is -7.57. The summed E-state index contributed by atoms with van der Waals surface area (Å²) >= 11 is 0. The van der Waals surface area contributed by atoms with Crippen molar-refractivity contribution in [3.63, 3.8) is 0 Å². The lowest BCUT2D eigenvalue weighted by Gasteiger charge is -2.22. The number of hydrogen-bond donors (Lipinski definition) is 0. The summed E-state index contributed by atoms with van der Waals surface area (Å²) in [6.45, 7) is 4.04. The number of nitrogens with zero attached hydrogens (tertiary/aromatic N) is 3. The van der Waals surface area contributed by atoms with E-state index < -0.39 is 23.5 Å². The SMILES string of the molecule is Cc1ccccc1-c1ccc2c(c1)c1ccccc1n2-c1cc(C#N)cc(-n2c3ccccc3c3cc(-c4ccccc4C)ccc32)c1-c1cc(C(F)(F)F)cc(C(F)(F)F)c1. The maximum Gasteiger partial charge on any atom is 0.416 e. The summed E-state index contributed by atoms with van der Waals surface area (Å²) in [5, 5.41) is 14.0. The molecule has 2 heterocycles. The highest BCUT2D eigenvalue weighted by Gasteiger charge is 2.38. The monoisotopic (exact) mass is 825 g/mol. The highest BCUT2D eigenvalue weighted by Crippen LogP contribution is 2.47. The zero-order valence-corrected chi connectivity index (χ0v) is 33.2. The van der Waals surface area contributed by atoms with Crippen LogP contribution in [0.5, 0.6) is 0 Å². The largest absolute Gasteiger partial charge is 0.416 e. The van der Waals surface area contributed by atoms with E-state index in [1.807, 2.05) is 144 Å². The maximum absolute atomic E-state index is 14.7. The van der Waals surface area contributed by atoms with Crippen molar-refractivity contribution in [1.82, 2.24) is 9.13 Å². The van der Waals surface area contributed by atoms with Gasteiger partial charge in [0.2, 0.25) is 0 Å². The predicted molar refractivity (Wildman–Crippen MR) is 236 cm³/mol. The molecule has 0 N–H and O–H groups in total. The lowest BCUT2D eigenvalue weighted by molar-refractivity contribution is -0.143. The van der Waals surface area contributed by atoms with Gasteiger partial charge in [0.1, 0.15) is 0 Å². The fourth-order valence-electron chi connectivity index (χ4n) is 9.02. The van der Waals surface area contributed by atoms with Crippen LogP contribution >= 0.6 is 0 Å². The third-order valence-electron chi connectivity index (χ3n) is 11.8. The van der Waals surface area contributed by atoms with E-state index in [9.17, 15) is 31.6 Å². The van der Waals surface area contributed by atoms with E-state index in [1.54, 1.807) is 12.1 Å². The van der Waals surface area contributed by atoms with Crippen LogP contribution in [0.15, 0.2) is 164 Å². The lowest BCUT2D eigenvalue weighted by atomic mass is 9.94. The number of aromatic nitrogens is 2. The molecule has 0 spiro atoms. The zero-order valence-electron chi connectivity index (χ0n) is 33.2. The van der Waals surface area contributed by atoms with Gasteiger partial charge in [-0.3, -0.25) is 0 Å². The van der Waals surface area contributed by atoms with Gasteiger partial charge in [0.05, 0.1) is 56.2 Å². The molecule has 0 saturated heterocycles. The molecule has 0 unspecified atom stereocenters. The van der Waals surface area contributed by atoms with Crippen molar-refractivity contribution in [3.05, 3.63) is 192 Å². The van der Waals surface area contributed by atoms with E-state index in [1.165, 1.54) is 0 Å². The molecule has 9 heteroatoms. The molecule has 0 fully saturated rings. The summed E-state index contributed by atoms with van der Waals surface area (Å²) in [6, 6.07) is 49.9. The fourth-order valence-corrected chi connectivity index (χ4v) is 9.02. The fraction of sp³-hybridized carbons (Fsp3) is 0.0755. The van der Waals surface area contributed by atoms with Crippen molar-refractivity contribution < 1.29 is 26.3 Å². The molecule has 3 nitrogen and oxygen atoms in total. The number of fused-ring (bicyclic) bond motifs is 6. The van der Waals surface area contributed by atoms with Gasteiger partial charge in [-0.25, -0.2) is 0 Å². The highest BCUT2D eigenvalue weighted by molar-refractivity contribution is 6.13. The van der Waals surface area contributed by atoms with Gasteiger partial charge in [-0.15, -0.1) is 0 Å². The van der Waals surface area contributed by atoms with Crippen LogP contribution in [0.4, 0.5) is 26.3 Å². The maximum atomic E-state index is 14.7. The summed E-state index contributed by atoms with van der Waals surface area (Å²) < 4.78 is 92.2. The van der Waals surface area contributed by atoms with E-state index in [4.69, 9.17) is 0 Å². The van der Waals surface area contributed by atoms with Crippen molar-refractivity contribution >= 4 is 43.6 Å². The van der Waals surface area contributed by atoms with E-state index in [0.29, 0.717) is 22.1 Å². The second kappa shape index (κ2) is 14.3. The molecule has 0 aliphatic rings. The van der Waals surface area contributed by atoms with Gasteiger partial charge >= 0.3 is 12.4 Å². The van der Waals surface area contributed by atoms with Gasteiger partial charge in [0.15, 0.2) is 0 Å². The molecule has 62 heavy (non-hydrogen) atoms. The van der Waals surface area contributed by atoms with E-state index >= 15 is 0 Å². The van der Waals surface area contributed by atoms with Crippen molar-refractivity contribution in [3.8, 4) is 50.8 Å². The minimum Gasteiger partial charge on any atom is -0.308 e. The molecular formula is C53H33F6N3. The van der Waals surface area contributed by atoms with Crippen LogP contribution < -0.4 is 0 Å². The Kier molecular flexibility index (Phi) is 8.89. The first-order valence-electron chi connectivity index (χ1n) is 19.9. The van der Waals surface area contributed by atoms with Gasteiger partial charge in [0.25, 0.3) is 0 Å². The third kappa shape index (κ3) is 6.29. The van der Waals surface area contributed by atoms with E-state index in [-0.39, 0.29) is 34.1 Å². The Bertz CT molecular complexity index is 3270. The van der Waals surface area contributed by atoms with Gasteiger partial charge in [-0.1, -0.05) is 97.1 Å². The first-order valence-corrected chi connectivity index (χ1v) is 19.9. The van der Waals surface area contributed by atoms with Crippen LogP contribution in [0.25, 0.3) is 88.4 Å². The molecule has 302 valence electrons. The molecule has 8 aromatic carbocycles. The Labute approximate surface area is 351 Å². The summed E-state index contributed by atoms with van der Waals surface area (Å²) in [6.07, 6.45) is -10.2. The normalized spacial score (nSPS) is 12.2. The first kappa shape index (κ1) is 38.6. The number of alkyl halides is 6. The number of para-hydroxylation sites is 2. The molecule has 0 aliphatic heterocycles. The number of rotatable bonds is 5. The average molecular weight is 826 g/mol. The van der Waals surface area contributed by atoms with Crippen molar-refractivity contribution in [2.24, 2.45) is 0 Å². The average Bonchev–Trinajstić information content (AvgIpc) is 3.77. The molecule has 10 rings (SSSR count). The highest BCUT2D eigenvalue weighted by atomic mass is 19.4. The minimum atomic E-state index is -5.11. The minimum absolute atomic E-state index is 0.0804.